The van der Waals surface area contributed by atoms with Crippen molar-refractivity contribution in [3.8, 4) is 0 Å². The fourth-order valence-electron chi connectivity index (χ4n) is 3.08. The summed E-state index contributed by atoms with van der Waals surface area (Å²) < 4.78 is 16.9. The molecule has 0 aliphatic carbocycles. The van der Waals surface area contributed by atoms with E-state index in [1.165, 1.54) is 0 Å². The maximum Gasteiger partial charge on any atom is 0.172 e. The molecule has 0 radical (unpaired) electrons. The molecule has 1 aliphatic heterocycles. The summed E-state index contributed by atoms with van der Waals surface area (Å²) in [4.78, 5) is 0. The smallest absolute Gasteiger partial charge is 0.172 e. The molecule has 0 bridgehead atoms. The van der Waals surface area contributed by atoms with Gasteiger partial charge in [0, 0.05) is 20.1 Å². The quantitative estimate of drug-likeness (QED) is 0.750. The van der Waals surface area contributed by atoms with Crippen LogP contribution in [0.5, 0.6) is 0 Å². The van der Waals surface area contributed by atoms with Crippen LogP contribution < -0.4 is 5.32 Å². The molecule has 0 aromatic carbocycles. The number of nitrogens with one attached hydrogen (secondary N) is 1. The molecule has 1 N–H and O–H groups in total. The third kappa shape index (κ3) is 3.19. The molecule has 1 saturated heterocycles. The van der Waals surface area contributed by atoms with Gasteiger partial charge in [-0.25, -0.2) is 0 Å². The molecule has 0 saturated carbocycles. The van der Waals surface area contributed by atoms with E-state index in [2.05, 4.69) is 33.0 Å². The number of likely N-dealkylation sites (N-methyl/N-ethyl adjacent to an activating group) is 1. The second kappa shape index (κ2) is 5.22. The summed E-state index contributed by atoms with van der Waals surface area (Å²) in [6, 6.07) is 0.127. The average Bonchev–Trinajstić information content (AvgIpc) is 2.43. The number of ether oxygens (including phenoxy) is 3. The van der Waals surface area contributed by atoms with E-state index in [-0.39, 0.29) is 23.5 Å². The van der Waals surface area contributed by atoms with Gasteiger partial charge in [0.25, 0.3) is 0 Å². The predicted octanol–water partition coefficient (Wildman–Crippen LogP) is 1.79. The highest BCUT2D eigenvalue weighted by Gasteiger charge is 2.50. The van der Waals surface area contributed by atoms with E-state index < -0.39 is 0 Å². The number of hydrogen-bond acceptors (Lipinski definition) is 4. The van der Waals surface area contributed by atoms with Crippen molar-refractivity contribution in [3.05, 3.63) is 0 Å². The lowest BCUT2D eigenvalue weighted by atomic mass is 9.81. The maximum absolute atomic E-state index is 6.12. The van der Waals surface area contributed by atoms with Crippen molar-refractivity contribution < 1.29 is 14.2 Å². The SMILES string of the molecule is CNC(C(OC)OC)C1CC(C)(C)OC1(C)C. The largest absolute Gasteiger partial charge is 0.369 e. The summed E-state index contributed by atoms with van der Waals surface area (Å²) in [6.45, 7) is 8.55. The summed E-state index contributed by atoms with van der Waals surface area (Å²) in [5.41, 5.74) is -0.262. The Balaban J connectivity index is 2.89. The Labute approximate surface area is 105 Å². The van der Waals surface area contributed by atoms with E-state index in [0.717, 1.165) is 6.42 Å². The minimum atomic E-state index is -0.248. The van der Waals surface area contributed by atoms with Crippen molar-refractivity contribution in [1.29, 1.82) is 0 Å². The summed E-state index contributed by atoms with van der Waals surface area (Å²) in [6.07, 6.45) is 0.746. The van der Waals surface area contributed by atoms with Gasteiger partial charge < -0.3 is 19.5 Å². The molecule has 0 aromatic rings. The predicted molar refractivity (Wildman–Crippen MR) is 68.0 cm³/mol. The van der Waals surface area contributed by atoms with Crippen LogP contribution >= 0.6 is 0 Å². The van der Waals surface area contributed by atoms with Crippen LogP contribution in [0.25, 0.3) is 0 Å². The Morgan fingerprint density at radius 2 is 1.71 bits per heavy atom. The van der Waals surface area contributed by atoms with Gasteiger partial charge in [0.05, 0.1) is 17.2 Å². The third-order valence-corrected chi connectivity index (χ3v) is 3.67. The maximum atomic E-state index is 6.12. The molecule has 2 atom stereocenters. The van der Waals surface area contributed by atoms with Crippen LogP contribution in [-0.2, 0) is 14.2 Å². The molecule has 1 aliphatic rings. The minimum Gasteiger partial charge on any atom is -0.369 e. The zero-order valence-electron chi connectivity index (χ0n) is 12.2. The van der Waals surface area contributed by atoms with Crippen molar-refractivity contribution >= 4 is 0 Å². The van der Waals surface area contributed by atoms with Crippen molar-refractivity contribution in [3.63, 3.8) is 0 Å². The fourth-order valence-corrected chi connectivity index (χ4v) is 3.08. The van der Waals surface area contributed by atoms with Gasteiger partial charge >= 0.3 is 0 Å². The van der Waals surface area contributed by atoms with E-state index in [1.54, 1.807) is 14.2 Å². The molecule has 17 heavy (non-hydrogen) atoms. The Morgan fingerprint density at radius 1 is 1.18 bits per heavy atom. The first-order chi connectivity index (χ1) is 7.77. The molecular weight excluding hydrogens is 218 g/mol. The van der Waals surface area contributed by atoms with E-state index in [9.17, 15) is 0 Å². The average molecular weight is 245 g/mol. The van der Waals surface area contributed by atoms with Gasteiger partial charge in [0.1, 0.15) is 0 Å². The van der Waals surface area contributed by atoms with E-state index >= 15 is 0 Å². The molecule has 102 valence electrons. The third-order valence-electron chi connectivity index (χ3n) is 3.67. The highest BCUT2D eigenvalue weighted by atomic mass is 16.7. The van der Waals surface area contributed by atoms with Gasteiger partial charge in [-0.15, -0.1) is 0 Å². The molecule has 1 heterocycles. The molecule has 0 spiro atoms. The fraction of sp³-hybridized carbons (Fsp3) is 1.00. The summed E-state index contributed by atoms with van der Waals surface area (Å²) in [7, 11) is 5.29. The van der Waals surface area contributed by atoms with Crippen LogP contribution in [0, 0.1) is 5.92 Å². The van der Waals surface area contributed by atoms with Crippen molar-refractivity contribution in [2.75, 3.05) is 21.3 Å². The lowest BCUT2D eigenvalue weighted by molar-refractivity contribution is -0.146. The Hall–Kier alpha value is -0.160. The minimum absolute atomic E-state index is 0.0880. The summed E-state index contributed by atoms with van der Waals surface area (Å²) in [5.74, 6) is 0.354. The van der Waals surface area contributed by atoms with Crippen LogP contribution in [0.1, 0.15) is 34.1 Å². The van der Waals surface area contributed by atoms with E-state index in [1.807, 2.05) is 7.05 Å². The zero-order valence-corrected chi connectivity index (χ0v) is 12.2. The molecule has 2 unspecified atom stereocenters. The monoisotopic (exact) mass is 245 g/mol. The lowest BCUT2D eigenvalue weighted by Gasteiger charge is -2.35. The van der Waals surface area contributed by atoms with Crippen LogP contribution in [-0.4, -0.2) is 44.8 Å². The van der Waals surface area contributed by atoms with E-state index in [4.69, 9.17) is 14.2 Å². The Bertz CT molecular complexity index is 249. The molecular formula is C13H27NO3. The van der Waals surface area contributed by atoms with Gasteiger partial charge in [0.15, 0.2) is 6.29 Å². The van der Waals surface area contributed by atoms with Crippen molar-refractivity contribution in [2.45, 2.75) is 57.6 Å². The lowest BCUT2D eigenvalue weighted by Crippen LogP contribution is -2.51. The van der Waals surface area contributed by atoms with Crippen LogP contribution in [0.2, 0.25) is 0 Å². The van der Waals surface area contributed by atoms with Crippen molar-refractivity contribution in [1.82, 2.24) is 5.32 Å². The Morgan fingerprint density at radius 3 is 2.00 bits per heavy atom. The number of rotatable bonds is 5. The van der Waals surface area contributed by atoms with Gasteiger partial charge in [-0.2, -0.15) is 0 Å². The van der Waals surface area contributed by atoms with E-state index in [0.29, 0.717) is 5.92 Å². The van der Waals surface area contributed by atoms with Gasteiger partial charge in [-0.05, 0) is 41.2 Å². The highest BCUT2D eigenvalue weighted by Crippen LogP contribution is 2.44. The molecule has 4 heteroatoms. The number of methoxy groups -OCH3 is 2. The zero-order chi connectivity index (χ0) is 13.3. The normalized spacial score (nSPS) is 28.6. The molecule has 4 nitrogen and oxygen atoms in total. The second-order valence-corrected chi connectivity index (χ2v) is 5.93. The Kier molecular flexibility index (Phi) is 4.58. The van der Waals surface area contributed by atoms with Crippen LogP contribution in [0.15, 0.2) is 0 Å². The van der Waals surface area contributed by atoms with Gasteiger partial charge in [0.2, 0.25) is 0 Å². The first kappa shape index (κ1) is 14.9. The van der Waals surface area contributed by atoms with Gasteiger partial charge in [-0.3, -0.25) is 0 Å². The second-order valence-electron chi connectivity index (χ2n) is 5.93. The number of hydrogen-bond donors (Lipinski definition) is 1. The molecule has 0 aromatic heterocycles. The summed E-state index contributed by atoms with van der Waals surface area (Å²) in [5, 5.41) is 3.31. The van der Waals surface area contributed by atoms with Crippen molar-refractivity contribution in [2.24, 2.45) is 5.92 Å². The van der Waals surface area contributed by atoms with Crippen LogP contribution in [0.3, 0.4) is 0 Å². The first-order valence-corrected chi connectivity index (χ1v) is 6.20. The first-order valence-electron chi connectivity index (χ1n) is 6.20. The molecule has 1 fully saturated rings. The molecule has 1 rings (SSSR count). The van der Waals surface area contributed by atoms with Crippen LogP contribution in [0.4, 0.5) is 0 Å². The molecule has 0 amide bonds. The van der Waals surface area contributed by atoms with Gasteiger partial charge in [-0.1, -0.05) is 0 Å². The standard InChI is InChI=1S/C13H27NO3/c1-12(2)8-9(13(3,4)17-12)10(14-5)11(15-6)16-7/h9-11,14H,8H2,1-7H3. The summed E-state index contributed by atoms with van der Waals surface area (Å²) >= 11 is 0. The topological polar surface area (TPSA) is 39.7 Å². The highest BCUT2D eigenvalue weighted by molar-refractivity contribution is 5.00.